The lowest BCUT2D eigenvalue weighted by Crippen LogP contribution is -2.34. The van der Waals surface area contributed by atoms with Gasteiger partial charge in [-0.25, -0.2) is 17.2 Å². The maximum Gasteiger partial charge on any atom is 0.274 e. The van der Waals surface area contributed by atoms with Crippen molar-refractivity contribution in [1.82, 2.24) is 15.1 Å². The standard InChI is InChI=1S/C19H24F2N4O3S/c20-11-14-10-18(24-23-14)19(26)25(12-15-16(21)2-1-3-17(15)22)7-4-13-5-8-29(27,28)9-6-13/h1-3,10,13H,4-9,11-12,22H2,(H,23,24). The number of nitrogens with zero attached hydrogens (tertiary/aromatic N) is 2. The number of nitrogens with one attached hydrogen (secondary N) is 1. The van der Waals surface area contributed by atoms with E-state index in [4.69, 9.17) is 5.73 Å². The van der Waals surface area contributed by atoms with Gasteiger partial charge in [0.1, 0.15) is 22.3 Å². The van der Waals surface area contributed by atoms with Crippen LogP contribution in [0.5, 0.6) is 0 Å². The highest BCUT2D eigenvalue weighted by atomic mass is 32.2. The third-order valence-corrected chi connectivity index (χ3v) is 6.98. The van der Waals surface area contributed by atoms with Crippen molar-refractivity contribution in [3.63, 3.8) is 0 Å². The number of carbonyl (C=O) groups is 1. The summed E-state index contributed by atoms with van der Waals surface area (Å²) in [6.45, 7) is -0.549. The molecule has 7 nitrogen and oxygen atoms in total. The first kappa shape index (κ1) is 21.2. The molecule has 1 aromatic carbocycles. The normalized spacial score (nSPS) is 16.6. The van der Waals surface area contributed by atoms with Crippen LogP contribution in [0.25, 0.3) is 0 Å². The van der Waals surface area contributed by atoms with E-state index in [1.807, 2.05) is 0 Å². The summed E-state index contributed by atoms with van der Waals surface area (Å²) in [4.78, 5) is 14.4. The Bertz CT molecular complexity index is 943. The summed E-state index contributed by atoms with van der Waals surface area (Å²) in [6.07, 6.45) is 1.66. The second kappa shape index (κ2) is 8.89. The van der Waals surface area contributed by atoms with Crippen LogP contribution in [0.15, 0.2) is 24.3 Å². The van der Waals surface area contributed by atoms with Crippen LogP contribution < -0.4 is 5.73 Å². The Hall–Kier alpha value is -2.49. The molecule has 2 aromatic rings. The van der Waals surface area contributed by atoms with Crippen molar-refractivity contribution in [1.29, 1.82) is 0 Å². The predicted octanol–water partition coefficient (Wildman–Crippen LogP) is 2.46. The number of benzene rings is 1. The van der Waals surface area contributed by atoms with Gasteiger partial charge in [-0.2, -0.15) is 5.10 Å². The largest absolute Gasteiger partial charge is 0.398 e. The van der Waals surface area contributed by atoms with Gasteiger partial charge in [-0.1, -0.05) is 6.07 Å². The monoisotopic (exact) mass is 426 g/mol. The smallest absolute Gasteiger partial charge is 0.274 e. The maximum atomic E-state index is 14.3. The second-order valence-corrected chi connectivity index (χ2v) is 9.63. The van der Waals surface area contributed by atoms with Gasteiger partial charge in [-0.15, -0.1) is 0 Å². The molecule has 0 radical (unpaired) electrons. The Balaban J connectivity index is 1.76. The van der Waals surface area contributed by atoms with E-state index in [9.17, 15) is 22.0 Å². The Morgan fingerprint density at radius 2 is 2.03 bits per heavy atom. The average Bonchev–Trinajstić information content (AvgIpc) is 3.17. The van der Waals surface area contributed by atoms with Gasteiger partial charge in [0, 0.05) is 17.8 Å². The zero-order chi connectivity index (χ0) is 21.0. The van der Waals surface area contributed by atoms with Gasteiger partial charge in [0.2, 0.25) is 0 Å². The van der Waals surface area contributed by atoms with Gasteiger partial charge in [0.25, 0.3) is 5.91 Å². The predicted molar refractivity (Wildman–Crippen MR) is 105 cm³/mol. The van der Waals surface area contributed by atoms with Gasteiger partial charge in [-0.3, -0.25) is 9.89 Å². The summed E-state index contributed by atoms with van der Waals surface area (Å²) in [5.41, 5.74) is 6.54. The Kier molecular flexibility index (Phi) is 6.51. The van der Waals surface area contributed by atoms with Crippen LogP contribution in [-0.4, -0.2) is 47.5 Å². The molecule has 1 amide bonds. The minimum atomic E-state index is -2.97. The number of hydrogen-bond acceptors (Lipinski definition) is 5. The first-order valence-corrected chi connectivity index (χ1v) is 11.2. The third-order valence-electron chi connectivity index (χ3n) is 5.27. The number of nitrogen functional groups attached to an aromatic ring is 1. The summed E-state index contributed by atoms with van der Waals surface area (Å²) in [7, 11) is -2.97. The SMILES string of the molecule is Nc1cccc(F)c1CN(CCC1CCS(=O)(=O)CC1)C(=O)c1cc(CF)[nH]n1. The van der Waals surface area contributed by atoms with Crippen LogP contribution in [0.4, 0.5) is 14.5 Å². The Labute approximate surface area is 168 Å². The van der Waals surface area contributed by atoms with Gasteiger partial charge in [0.15, 0.2) is 5.69 Å². The number of amides is 1. The highest BCUT2D eigenvalue weighted by molar-refractivity contribution is 7.91. The number of anilines is 1. The van der Waals surface area contributed by atoms with E-state index < -0.39 is 28.2 Å². The van der Waals surface area contributed by atoms with E-state index in [2.05, 4.69) is 10.2 Å². The molecule has 0 spiro atoms. The average molecular weight is 426 g/mol. The number of halogens is 2. The number of aromatic nitrogens is 2. The summed E-state index contributed by atoms with van der Waals surface area (Å²) in [6, 6.07) is 5.65. The molecule has 1 aliphatic rings. The van der Waals surface area contributed by atoms with Gasteiger partial charge in [0.05, 0.1) is 23.7 Å². The van der Waals surface area contributed by atoms with Crippen molar-refractivity contribution in [3.05, 3.63) is 47.0 Å². The van der Waals surface area contributed by atoms with Crippen LogP contribution in [-0.2, 0) is 23.1 Å². The molecule has 0 bridgehead atoms. The molecule has 0 atom stereocenters. The van der Waals surface area contributed by atoms with E-state index in [1.54, 1.807) is 6.07 Å². The number of nitrogens with two attached hydrogens (primary N) is 1. The zero-order valence-corrected chi connectivity index (χ0v) is 16.7. The zero-order valence-electron chi connectivity index (χ0n) is 15.9. The number of alkyl halides is 1. The minimum Gasteiger partial charge on any atom is -0.398 e. The number of aromatic amines is 1. The van der Waals surface area contributed by atoms with Crippen LogP contribution in [0.2, 0.25) is 0 Å². The molecule has 3 rings (SSSR count). The van der Waals surface area contributed by atoms with Crippen molar-refractivity contribution in [2.24, 2.45) is 5.92 Å². The van der Waals surface area contributed by atoms with Crippen LogP contribution >= 0.6 is 0 Å². The molecule has 1 fully saturated rings. The lowest BCUT2D eigenvalue weighted by Gasteiger charge is -2.27. The van der Waals surface area contributed by atoms with Crippen LogP contribution in [0.3, 0.4) is 0 Å². The van der Waals surface area contributed by atoms with E-state index >= 15 is 0 Å². The molecule has 158 valence electrons. The molecule has 29 heavy (non-hydrogen) atoms. The van der Waals surface area contributed by atoms with Crippen molar-refractivity contribution >= 4 is 21.4 Å². The minimum absolute atomic E-state index is 0.0405. The first-order chi connectivity index (χ1) is 13.8. The quantitative estimate of drug-likeness (QED) is 0.661. The molecule has 3 N–H and O–H groups in total. The van der Waals surface area contributed by atoms with Crippen molar-refractivity contribution < 1.29 is 22.0 Å². The number of rotatable bonds is 7. The highest BCUT2D eigenvalue weighted by Crippen LogP contribution is 2.24. The van der Waals surface area contributed by atoms with E-state index in [0.717, 1.165) is 0 Å². The van der Waals surface area contributed by atoms with Crippen molar-refractivity contribution in [2.75, 3.05) is 23.8 Å². The van der Waals surface area contributed by atoms with Gasteiger partial charge in [-0.05, 0) is 43.4 Å². The molecule has 2 heterocycles. The third kappa shape index (κ3) is 5.31. The number of sulfone groups is 1. The Morgan fingerprint density at radius 3 is 2.66 bits per heavy atom. The van der Waals surface area contributed by atoms with E-state index in [-0.39, 0.29) is 53.2 Å². The van der Waals surface area contributed by atoms with Crippen molar-refractivity contribution in [2.45, 2.75) is 32.5 Å². The lowest BCUT2D eigenvalue weighted by molar-refractivity contribution is 0.0724. The molecule has 0 saturated carbocycles. The number of carbonyl (C=O) groups excluding carboxylic acids is 1. The summed E-state index contributed by atoms with van der Waals surface area (Å²) in [5.74, 6) is -0.534. The van der Waals surface area contributed by atoms with E-state index in [1.165, 1.54) is 23.1 Å². The summed E-state index contributed by atoms with van der Waals surface area (Å²) < 4.78 is 50.3. The number of hydrogen-bond donors (Lipinski definition) is 2. The molecule has 1 saturated heterocycles. The molecule has 1 aliphatic heterocycles. The van der Waals surface area contributed by atoms with Crippen LogP contribution in [0, 0.1) is 11.7 Å². The molecule has 0 unspecified atom stereocenters. The fourth-order valence-corrected chi connectivity index (χ4v) is 5.04. The van der Waals surface area contributed by atoms with E-state index in [0.29, 0.717) is 19.3 Å². The fourth-order valence-electron chi connectivity index (χ4n) is 3.45. The van der Waals surface area contributed by atoms with Gasteiger partial charge < -0.3 is 10.6 Å². The topological polar surface area (TPSA) is 109 Å². The lowest BCUT2D eigenvalue weighted by atomic mass is 9.98. The molecule has 10 heteroatoms. The maximum absolute atomic E-state index is 14.3. The first-order valence-electron chi connectivity index (χ1n) is 9.42. The molecular formula is C19H24F2N4O3S. The molecule has 1 aromatic heterocycles. The fraction of sp³-hybridized carbons (Fsp3) is 0.474. The molecule has 0 aliphatic carbocycles. The molecular weight excluding hydrogens is 402 g/mol. The van der Waals surface area contributed by atoms with Crippen molar-refractivity contribution in [3.8, 4) is 0 Å². The Morgan fingerprint density at radius 1 is 1.31 bits per heavy atom. The second-order valence-electron chi connectivity index (χ2n) is 7.33. The van der Waals surface area contributed by atoms with Gasteiger partial charge >= 0.3 is 0 Å². The summed E-state index contributed by atoms with van der Waals surface area (Å²) in [5, 5.41) is 6.30. The van der Waals surface area contributed by atoms with Crippen LogP contribution in [0.1, 0.15) is 41.0 Å². The highest BCUT2D eigenvalue weighted by Gasteiger charge is 2.26. The number of H-pyrrole nitrogens is 1. The summed E-state index contributed by atoms with van der Waals surface area (Å²) >= 11 is 0.